The van der Waals surface area contributed by atoms with Gasteiger partial charge in [-0.2, -0.15) is 39.5 Å². The van der Waals surface area contributed by atoms with Crippen LogP contribution in [0.15, 0.2) is 18.2 Å². The van der Waals surface area contributed by atoms with Gasteiger partial charge in [-0.1, -0.05) is 26.3 Å². The molecule has 0 bridgehead atoms. The summed E-state index contributed by atoms with van der Waals surface area (Å²) in [5.41, 5.74) is -4.47. The average molecular weight is 577 g/mol. The van der Waals surface area contributed by atoms with E-state index in [4.69, 9.17) is 9.47 Å². The molecule has 2 fully saturated rings. The van der Waals surface area contributed by atoms with Crippen molar-refractivity contribution in [2.24, 2.45) is 17.3 Å². The fourth-order valence-electron chi connectivity index (χ4n) is 7.14. The summed E-state index contributed by atoms with van der Waals surface area (Å²) in [7, 11) is 0. The summed E-state index contributed by atoms with van der Waals surface area (Å²) < 4.78 is 133. The molecule has 3 nitrogen and oxygen atoms in total. The first kappa shape index (κ1) is 30.3. The van der Waals surface area contributed by atoms with Gasteiger partial charge in [0.25, 0.3) is 0 Å². The summed E-state index contributed by atoms with van der Waals surface area (Å²) in [6.45, 7) is 2.82. The van der Waals surface area contributed by atoms with Crippen LogP contribution >= 0.6 is 0 Å². The van der Waals surface area contributed by atoms with E-state index >= 15 is 0 Å². The van der Waals surface area contributed by atoms with Gasteiger partial charge in [-0.3, -0.25) is 0 Å². The van der Waals surface area contributed by atoms with Crippen LogP contribution in [0.25, 0.3) is 0 Å². The fraction of sp³-hybridized carbons (Fsp3) is 0.778. The number of halogens is 9. The number of unbranched alkanes of at least 4 members (excludes halogenated alkanes) is 1. The van der Waals surface area contributed by atoms with Crippen molar-refractivity contribution < 1.29 is 53.7 Å². The number of hydrogen-bond donors (Lipinski definition) is 0. The number of benzene rings is 1. The van der Waals surface area contributed by atoms with Crippen molar-refractivity contribution in [3.05, 3.63) is 29.3 Å². The first-order valence-electron chi connectivity index (χ1n) is 13.3. The summed E-state index contributed by atoms with van der Waals surface area (Å²) in [6, 6.07) is 6.11. The lowest BCUT2D eigenvalue weighted by atomic mass is 9.55. The molecule has 5 unspecified atom stereocenters. The van der Waals surface area contributed by atoms with Crippen molar-refractivity contribution in [2.45, 2.75) is 101 Å². The van der Waals surface area contributed by atoms with Crippen molar-refractivity contribution in [1.82, 2.24) is 0 Å². The van der Waals surface area contributed by atoms with Crippen LogP contribution in [0.2, 0.25) is 0 Å². The molecule has 0 aromatic heterocycles. The van der Waals surface area contributed by atoms with E-state index in [1.165, 1.54) is 11.1 Å². The molecule has 0 heterocycles. The smallest absolute Gasteiger partial charge is 0.435 e. The molecule has 3 aliphatic rings. The molecule has 0 amide bonds. The second-order valence-electron chi connectivity index (χ2n) is 11.2. The van der Waals surface area contributed by atoms with E-state index in [1.54, 1.807) is 0 Å². The molecule has 5 atom stereocenters. The molecule has 0 spiro atoms. The molecule has 3 aliphatic carbocycles. The Hall–Kier alpha value is -1.69. The maximum atomic E-state index is 13.2. The SMILES string of the molecule is CCCCOc1ccc2c(c1)CCC1C2CCC2(C)C(OCOC(C(F)(F)F)(C(F)(F)F)C(F)(F)F)CCC12. The van der Waals surface area contributed by atoms with Gasteiger partial charge in [0.05, 0.1) is 12.7 Å². The highest BCUT2D eigenvalue weighted by molar-refractivity contribution is 5.40. The third-order valence-corrected chi connectivity index (χ3v) is 9.12. The minimum absolute atomic E-state index is 0.0764. The quantitative estimate of drug-likeness (QED) is 0.176. The molecule has 1 aromatic rings. The van der Waals surface area contributed by atoms with Crippen LogP contribution in [-0.4, -0.2) is 43.6 Å². The van der Waals surface area contributed by atoms with Crippen molar-refractivity contribution >= 4 is 0 Å². The highest BCUT2D eigenvalue weighted by Gasteiger charge is 2.85. The lowest BCUT2D eigenvalue weighted by Gasteiger charge is -2.50. The summed E-state index contributed by atoms with van der Waals surface area (Å²) in [5.74, 6) is 1.38. The zero-order valence-corrected chi connectivity index (χ0v) is 21.7. The number of aryl methyl sites for hydroxylation is 1. The monoisotopic (exact) mass is 576 g/mol. The van der Waals surface area contributed by atoms with Crippen LogP contribution in [0, 0.1) is 17.3 Å². The van der Waals surface area contributed by atoms with E-state index in [0.29, 0.717) is 25.9 Å². The fourth-order valence-corrected chi connectivity index (χ4v) is 7.14. The Morgan fingerprint density at radius 3 is 2.18 bits per heavy atom. The molecule has 0 aliphatic heterocycles. The van der Waals surface area contributed by atoms with Crippen LogP contribution in [0.5, 0.6) is 5.75 Å². The normalized spacial score (nSPS) is 29.5. The van der Waals surface area contributed by atoms with Crippen molar-refractivity contribution in [1.29, 1.82) is 0 Å². The summed E-state index contributed by atoms with van der Waals surface area (Å²) in [5, 5.41) is 0. The number of rotatable bonds is 8. The van der Waals surface area contributed by atoms with Crippen LogP contribution in [0.1, 0.15) is 75.8 Å². The maximum absolute atomic E-state index is 13.2. The highest BCUT2D eigenvalue weighted by Crippen LogP contribution is 2.62. The van der Waals surface area contributed by atoms with Crippen molar-refractivity contribution in [3.63, 3.8) is 0 Å². The minimum atomic E-state index is -6.77. The van der Waals surface area contributed by atoms with Crippen molar-refractivity contribution in [3.8, 4) is 5.75 Å². The molecule has 12 heteroatoms. The molecule has 4 rings (SSSR count). The van der Waals surface area contributed by atoms with Gasteiger partial charge < -0.3 is 14.2 Å². The van der Waals surface area contributed by atoms with Gasteiger partial charge in [-0.25, -0.2) is 0 Å². The van der Waals surface area contributed by atoms with Crippen LogP contribution in [-0.2, 0) is 15.9 Å². The molecule has 0 radical (unpaired) electrons. The molecule has 2 saturated carbocycles. The lowest BCUT2D eigenvalue weighted by molar-refractivity contribution is -0.467. The Labute approximate surface area is 221 Å². The third-order valence-electron chi connectivity index (χ3n) is 9.12. The first-order chi connectivity index (χ1) is 18.1. The number of alkyl halides is 9. The van der Waals surface area contributed by atoms with Gasteiger partial charge in [0.1, 0.15) is 12.5 Å². The van der Waals surface area contributed by atoms with Crippen LogP contribution in [0.4, 0.5) is 39.5 Å². The highest BCUT2D eigenvalue weighted by atomic mass is 19.4. The topological polar surface area (TPSA) is 27.7 Å². The Balaban J connectivity index is 1.46. The zero-order valence-electron chi connectivity index (χ0n) is 21.7. The molecule has 0 saturated heterocycles. The maximum Gasteiger partial charge on any atom is 0.435 e. The van der Waals surface area contributed by atoms with Gasteiger partial charge in [0.2, 0.25) is 0 Å². The lowest BCUT2D eigenvalue weighted by Crippen LogP contribution is -2.68. The molecule has 1 aromatic carbocycles. The minimum Gasteiger partial charge on any atom is -0.494 e. The second-order valence-corrected chi connectivity index (χ2v) is 11.2. The van der Waals surface area contributed by atoms with E-state index in [2.05, 4.69) is 23.8 Å². The molecule has 0 N–H and O–H groups in total. The molecule has 222 valence electrons. The number of hydrogen-bond acceptors (Lipinski definition) is 3. The van der Waals surface area contributed by atoms with E-state index < -0.39 is 42.4 Å². The predicted molar refractivity (Wildman–Crippen MR) is 123 cm³/mol. The van der Waals surface area contributed by atoms with Crippen molar-refractivity contribution in [2.75, 3.05) is 13.4 Å². The Kier molecular flexibility index (Phi) is 8.24. The van der Waals surface area contributed by atoms with Gasteiger partial charge in [0.15, 0.2) is 0 Å². The first-order valence-corrected chi connectivity index (χ1v) is 13.3. The summed E-state index contributed by atoms with van der Waals surface area (Å²) in [4.78, 5) is 0. The molecule has 39 heavy (non-hydrogen) atoms. The number of fused-ring (bicyclic) bond motifs is 5. The summed E-state index contributed by atoms with van der Waals surface area (Å²) in [6.07, 6.45) is -15.2. The Morgan fingerprint density at radius 1 is 0.897 bits per heavy atom. The van der Waals surface area contributed by atoms with E-state index in [-0.39, 0.29) is 17.8 Å². The summed E-state index contributed by atoms with van der Waals surface area (Å²) >= 11 is 0. The predicted octanol–water partition coefficient (Wildman–Crippen LogP) is 8.51. The Morgan fingerprint density at radius 2 is 1.56 bits per heavy atom. The standard InChI is InChI=1S/C27H33F9O3/c1-3-4-13-37-17-6-8-18-16(14-17)5-7-20-19(18)11-12-23(2)21(20)9-10-22(23)38-15-39-24(25(28,29)30,26(31,32)33)27(34,35)36/h6,8,14,19-22H,3-5,7,9-13,15H2,1-2H3. The van der Waals surface area contributed by atoms with Gasteiger partial charge in [0, 0.05) is 0 Å². The largest absolute Gasteiger partial charge is 0.494 e. The van der Waals surface area contributed by atoms with Gasteiger partial charge >= 0.3 is 24.1 Å². The van der Waals surface area contributed by atoms with E-state index in [9.17, 15) is 39.5 Å². The van der Waals surface area contributed by atoms with Crippen LogP contribution < -0.4 is 4.74 Å². The third kappa shape index (κ3) is 5.24. The van der Waals surface area contributed by atoms with E-state index in [0.717, 1.165) is 37.9 Å². The van der Waals surface area contributed by atoms with Gasteiger partial charge in [-0.05, 0) is 91.4 Å². The molecular formula is C27H33F9O3. The second kappa shape index (κ2) is 10.6. The van der Waals surface area contributed by atoms with E-state index in [1.807, 2.05) is 13.0 Å². The van der Waals surface area contributed by atoms with Crippen LogP contribution in [0.3, 0.4) is 0 Å². The zero-order chi connectivity index (χ0) is 28.9. The Bertz CT molecular complexity index is 968. The average Bonchev–Trinajstić information content (AvgIpc) is 3.15. The molecular weight excluding hydrogens is 543 g/mol. The number of ether oxygens (including phenoxy) is 3. The van der Waals surface area contributed by atoms with Gasteiger partial charge in [-0.15, -0.1) is 0 Å².